The first kappa shape index (κ1) is 12.7. The van der Waals surface area contributed by atoms with Crippen LogP contribution in [0.25, 0.3) is 11.4 Å². The van der Waals surface area contributed by atoms with E-state index in [-0.39, 0.29) is 23.9 Å². The number of aliphatic hydroxyl groups is 1. The van der Waals surface area contributed by atoms with Gasteiger partial charge < -0.3 is 15.0 Å². The van der Waals surface area contributed by atoms with E-state index in [0.29, 0.717) is 18.5 Å². The van der Waals surface area contributed by atoms with E-state index in [1.165, 1.54) is 0 Å². The van der Waals surface area contributed by atoms with Crippen molar-refractivity contribution >= 4 is 5.91 Å². The van der Waals surface area contributed by atoms with E-state index in [4.69, 9.17) is 0 Å². The van der Waals surface area contributed by atoms with Crippen molar-refractivity contribution in [1.29, 1.82) is 0 Å². The van der Waals surface area contributed by atoms with Crippen LogP contribution in [-0.4, -0.2) is 42.7 Å². The number of aliphatic hydroxyl groups excluding tert-OH is 1. The molecule has 0 aromatic carbocycles. The third-order valence-corrected chi connectivity index (χ3v) is 3.39. The summed E-state index contributed by atoms with van der Waals surface area (Å²) in [5.41, 5.74) is 1.47. The Hall–Kier alpha value is -2.28. The Bertz CT molecular complexity index is 633. The standard InChI is InChI=1S/C13H15N5O2/c1-18-7-14-6-11(18)10-2-3-15-12(17-10)13(20)16-8-4-9(19)5-8/h2-3,6-9,19H,4-5H2,1H3,(H,16,20). The van der Waals surface area contributed by atoms with Crippen molar-refractivity contribution in [2.24, 2.45) is 7.05 Å². The number of hydrogen-bond donors (Lipinski definition) is 2. The molecule has 0 unspecified atom stereocenters. The average molecular weight is 273 g/mol. The molecule has 104 valence electrons. The number of amides is 1. The molecule has 1 fully saturated rings. The van der Waals surface area contributed by atoms with Gasteiger partial charge in [0.1, 0.15) is 0 Å². The Morgan fingerprint density at radius 2 is 2.30 bits per heavy atom. The lowest BCUT2D eigenvalue weighted by Gasteiger charge is -2.31. The molecule has 2 N–H and O–H groups in total. The van der Waals surface area contributed by atoms with Crippen LogP contribution in [0.15, 0.2) is 24.8 Å². The molecule has 1 aliphatic rings. The zero-order valence-corrected chi connectivity index (χ0v) is 11.0. The van der Waals surface area contributed by atoms with Gasteiger partial charge in [-0.2, -0.15) is 0 Å². The number of nitrogens with one attached hydrogen (secondary N) is 1. The highest BCUT2D eigenvalue weighted by atomic mass is 16.3. The highest BCUT2D eigenvalue weighted by molar-refractivity contribution is 5.91. The number of hydrogen-bond acceptors (Lipinski definition) is 5. The fourth-order valence-corrected chi connectivity index (χ4v) is 2.17. The third-order valence-electron chi connectivity index (χ3n) is 3.39. The minimum Gasteiger partial charge on any atom is -0.393 e. The average Bonchev–Trinajstić information content (AvgIpc) is 2.83. The highest BCUT2D eigenvalue weighted by Gasteiger charge is 2.29. The minimum absolute atomic E-state index is 0.0152. The zero-order valence-electron chi connectivity index (χ0n) is 11.0. The number of nitrogens with zero attached hydrogens (tertiary/aromatic N) is 4. The van der Waals surface area contributed by atoms with Crippen LogP contribution in [0.1, 0.15) is 23.5 Å². The molecule has 0 bridgehead atoms. The molecule has 2 aromatic rings. The Labute approximate surface area is 115 Å². The Morgan fingerprint density at radius 1 is 1.50 bits per heavy atom. The van der Waals surface area contributed by atoms with Crippen molar-refractivity contribution in [3.8, 4) is 11.4 Å². The topological polar surface area (TPSA) is 92.9 Å². The number of aromatic nitrogens is 4. The molecule has 1 amide bonds. The SMILES string of the molecule is Cn1cncc1-c1ccnc(C(=O)NC2CC(O)C2)n1. The van der Waals surface area contributed by atoms with Gasteiger partial charge in [-0.25, -0.2) is 15.0 Å². The first-order valence-corrected chi connectivity index (χ1v) is 6.42. The first-order chi connectivity index (χ1) is 9.63. The van der Waals surface area contributed by atoms with Gasteiger partial charge in [-0.15, -0.1) is 0 Å². The number of carbonyl (C=O) groups excluding carboxylic acids is 1. The van der Waals surface area contributed by atoms with Gasteiger partial charge in [0.05, 0.1) is 30.0 Å². The van der Waals surface area contributed by atoms with Gasteiger partial charge in [-0.1, -0.05) is 0 Å². The van der Waals surface area contributed by atoms with Gasteiger partial charge in [0.15, 0.2) is 0 Å². The quantitative estimate of drug-likeness (QED) is 0.829. The van der Waals surface area contributed by atoms with Crippen molar-refractivity contribution in [3.05, 3.63) is 30.6 Å². The largest absolute Gasteiger partial charge is 0.393 e. The van der Waals surface area contributed by atoms with E-state index in [9.17, 15) is 9.90 Å². The zero-order chi connectivity index (χ0) is 14.1. The van der Waals surface area contributed by atoms with E-state index in [1.54, 1.807) is 24.8 Å². The molecule has 2 aromatic heterocycles. The summed E-state index contributed by atoms with van der Waals surface area (Å²) >= 11 is 0. The van der Waals surface area contributed by atoms with Crippen molar-refractivity contribution in [2.75, 3.05) is 0 Å². The maximum absolute atomic E-state index is 12.0. The molecule has 1 aliphatic carbocycles. The lowest BCUT2D eigenvalue weighted by Crippen LogP contribution is -2.47. The van der Waals surface area contributed by atoms with Crippen LogP contribution in [0, 0.1) is 0 Å². The van der Waals surface area contributed by atoms with Gasteiger partial charge >= 0.3 is 0 Å². The fourth-order valence-electron chi connectivity index (χ4n) is 2.17. The third kappa shape index (κ3) is 2.39. The van der Waals surface area contributed by atoms with E-state index in [0.717, 1.165) is 5.69 Å². The summed E-state index contributed by atoms with van der Waals surface area (Å²) in [5.74, 6) is -0.184. The summed E-state index contributed by atoms with van der Waals surface area (Å²) in [7, 11) is 1.86. The van der Waals surface area contributed by atoms with Crippen molar-refractivity contribution in [3.63, 3.8) is 0 Å². The molecule has 1 saturated carbocycles. The molecule has 7 heteroatoms. The molecule has 2 heterocycles. The van der Waals surface area contributed by atoms with Gasteiger partial charge in [-0.05, 0) is 18.9 Å². The van der Waals surface area contributed by atoms with Gasteiger partial charge in [-0.3, -0.25) is 4.79 Å². The summed E-state index contributed by atoms with van der Waals surface area (Å²) in [6, 6.07) is 1.75. The van der Waals surface area contributed by atoms with E-state index < -0.39 is 0 Å². The van der Waals surface area contributed by atoms with Crippen LogP contribution in [0.5, 0.6) is 0 Å². The maximum atomic E-state index is 12.0. The lowest BCUT2D eigenvalue weighted by atomic mass is 9.89. The Balaban J connectivity index is 1.77. The molecule has 0 atom stereocenters. The Kier molecular flexibility index (Phi) is 3.19. The number of carbonyl (C=O) groups is 1. The summed E-state index contributed by atoms with van der Waals surface area (Å²) in [6.45, 7) is 0. The summed E-state index contributed by atoms with van der Waals surface area (Å²) in [6.07, 6.45) is 5.79. The second-order valence-electron chi connectivity index (χ2n) is 4.95. The van der Waals surface area contributed by atoms with Crippen LogP contribution in [-0.2, 0) is 7.05 Å². The summed E-state index contributed by atoms with van der Waals surface area (Å²) < 4.78 is 1.83. The minimum atomic E-state index is -0.314. The molecule has 3 rings (SSSR count). The van der Waals surface area contributed by atoms with Crippen LogP contribution in [0.2, 0.25) is 0 Å². The number of imidazole rings is 1. The van der Waals surface area contributed by atoms with Gasteiger partial charge in [0.2, 0.25) is 5.82 Å². The van der Waals surface area contributed by atoms with E-state index in [1.807, 2.05) is 11.6 Å². The molecular formula is C13H15N5O2. The first-order valence-electron chi connectivity index (χ1n) is 6.42. The fraction of sp³-hybridized carbons (Fsp3) is 0.385. The second-order valence-corrected chi connectivity index (χ2v) is 4.95. The number of rotatable bonds is 3. The van der Waals surface area contributed by atoms with Crippen molar-refractivity contribution in [1.82, 2.24) is 24.8 Å². The highest BCUT2D eigenvalue weighted by Crippen LogP contribution is 2.20. The molecular weight excluding hydrogens is 258 g/mol. The summed E-state index contributed by atoms with van der Waals surface area (Å²) in [4.78, 5) is 24.3. The summed E-state index contributed by atoms with van der Waals surface area (Å²) in [5, 5.41) is 12.0. The van der Waals surface area contributed by atoms with E-state index in [2.05, 4.69) is 20.3 Å². The molecule has 20 heavy (non-hydrogen) atoms. The maximum Gasteiger partial charge on any atom is 0.289 e. The van der Waals surface area contributed by atoms with Crippen LogP contribution < -0.4 is 5.32 Å². The number of aryl methyl sites for hydroxylation is 1. The predicted octanol–water partition coefficient (Wildman–Crippen LogP) is 0.130. The monoisotopic (exact) mass is 273 g/mol. The van der Waals surface area contributed by atoms with Crippen molar-refractivity contribution < 1.29 is 9.90 Å². The molecule has 0 saturated heterocycles. The second kappa shape index (κ2) is 5.01. The lowest BCUT2D eigenvalue weighted by molar-refractivity contribution is 0.0558. The van der Waals surface area contributed by atoms with Crippen LogP contribution in [0.4, 0.5) is 0 Å². The molecule has 7 nitrogen and oxygen atoms in total. The molecule has 0 radical (unpaired) electrons. The van der Waals surface area contributed by atoms with Crippen LogP contribution in [0.3, 0.4) is 0 Å². The Morgan fingerprint density at radius 3 is 2.95 bits per heavy atom. The molecule has 0 aliphatic heterocycles. The van der Waals surface area contributed by atoms with Crippen molar-refractivity contribution in [2.45, 2.75) is 25.0 Å². The normalized spacial score (nSPS) is 21.3. The van der Waals surface area contributed by atoms with E-state index >= 15 is 0 Å². The smallest absolute Gasteiger partial charge is 0.289 e. The van der Waals surface area contributed by atoms with Gasteiger partial charge in [0, 0.05) is 19.3 Å². The molecule has 0 spiro atoms. The van der Waals surface area contributed by atoms with Gasteiger partial charge in [0.25, 0.3) is 5.91 Å². The predicted molar refractivity (Wildman–Crippen MR) is 70.7 cm³/mol. The van der Waals surface area contributed by atoms with Crippen LogP contribution >= 0.6 is 0 Å².